The van der Waals surface area contributed by atoms with Crippen LogP contribution in [-0.2, 0) is 0 Å². The topological polar surface area (TPSA) is 51.2 Å². The monoisotopic (exact) mass is 376 g/mol. The minimum atomic E-state index is 0.00242. The van der Waals surface area contributed by atoms with E-state index in [2.05, 4.69) is 26.2 Å². The number of thiazole rings is 1. The van der Waals surface area contributed by atoms with Gasteiger partial charge >= 0.3 is 0 Å². The third-order valence-electron chi connectivity index (χ3n) is 3.17. The zero-order valence-corrected chi connectivity index (χ0v) is 14.2. The summed E-state index contributed by atoms with van der Waals surface area (Å²) in [4.78, 5) is 16.7. The van der Waals surface area contributed by atoms with Crippen LogP contribution in [0, 0.1) is 0 Å². The second-order valence-electron chi connectivity index (χ2n) is 4.61. The van der Waals surface area contributed by atoms with Crippen molar-refractivity contribution in [3.8, 4) is 5.75 Å². The highest BCUT2D eigenvalue weighted by Crippen LogP contribution is 2.27. The molecule has 0 radical (unpaired) electrons. The molecule has 0 saturated heterocycles. The molecular weight excluding hydrogens is 364 g/mol. The predicted octanol–water partition coefficient (Wildman–Crippen LogP) is 4.36. The van der Waals surface area contributed by atoms with Crippen LogP contribution in [0.5, 0.6) is 5.75 Å². The molecule has 0 spiro atoms. The van der Waals surface area contributed by atoms with E-state index in [0.717, 1.165) is 19.8 Å². The average molecular weight is 377 g/mol. The number of anilines is 1. The molecule has 3 rings (SSSR count). The lowest BCUT2D eigenvalue weighted by molar-refractivity contribution is 0.101. The lowest BCUT2D eigenvalue weighted by Crippen LogP contribution is -2.13. The molecule has 1 N–H and O–H groups in total. The van der Waals surface area contributed by atoms with Gasteiger partial charge in [0.25, 0.3) is 0 Å². The van der Waals surface area contributed by atoms with Crippen molar-refractivity contribution in [3.05, 3.63) is 52.5 Å². The van der Waals surface area contributed by atoms with Crippen LogP contribution in [0.3, 0.4) is 0 Å². The maximum absolute atomic E-state index is 12.2. The van der Waals surface area contributed by atoms with E-state index in [9.17, 15) is 4.79 Å². The molecular formula is C16H13BrN2O2S. The lowest BCUT2D eigenvalue weighted by Gasteiger charge is -2.06. The summed E-state index contributed by atoms with van der Waals surface area (Å²) >= 11 is 4.93. The van der Waals surface area contributed by atoms with Gasteiger partial charge in [-0.05, 0) is 46.3 Å². The molecule has 0 aliphatic heterocycles. The highest BCUT2D eigenvalue weighted by atomic mass is 79.9. The van der Waals surface area contributed by atoms with Crippen LogP contribution in [0.2, 0.25) is 0 Å². The van der Waals surface area contributed by atoms with E-state index >= 15 is 0 Å². The first-order valence-corrected chi connectivity index (χ1v) is 8.24. The number of ketones is 1. The van der Waals surface area contributed by atoms with Crippen LogP contribution in [0.4, 0.5) is 5.13 Å². The summed E-state index contributed by atoms with van der Waals surface area (Å²) < 4.78 is 7.03. The molecule has 0 bridgehead atoms. The van der Waals surface area contributed by atoms with E-state index in [1.54, 1.807) is 25.3 Å². The molecule has 1 heterocycles. The number of rotatable bonds is 5. The quantitative estimate of drug-likeness (QED) is 0.672. The lowest BCUT2D eigenvalue weighted by atomic mass is 10.1. The van der Waals surface area contributed by atoms with Gasteiger partial charge in [-0.3, -0.25) is 4.79 Å². The Kier molecular flexibility index (Phi) is 4.40. The van der Waals surface area contributed by atoms with Crippen molar-refractivity contribution in [2.45, 2.75) is 0 Å². The van der Waals surface area contributed by atoms with Gasteiger partial charge in [0.2, 0.25) is 0 Å². The molecule has 112 valence electrons. The summed E-state index contributed by atoms with van der Waals surface area (Å²) in [6.07, 6.45) is 0. The van der Waals surface area contributed by atoms with Gasteiger partial charge in [0, 0.05) is 5.56 Å². The number of hydrogen-bond donors (Lipinski definition) is 1. The number of fused-ring (bicyclic) bond motifs is 1. The van der Waals surface area contributed by atoms with Crippen LogP contribution < -0.4 is 10.1 Å². The number of ether oxygens (including phenoxy) is 1. The van der Waals surface area contributed by atoms with Crippen molar-refractivity contribution in [3.63, 3.8) is 0 Å². The molecule has 0 fully saturated rings. The number of methoxy groups -OCH3 is 1. The van der Waals surface area contributed by atoms with Crippen LogP contribution in [0.15, 0.2) is 46.9 Å². The summed E-state index contributed by atoms with van der Waals surface area (Å²) in [6.45, 7) is 0.207. The Morgan fingerprint density at radius 1 is 1.32 bits per heavy atom. The number of para-hydroxylation sites is 1. The number of benzene rings is 2. The summed E-state index contributed by atoms with van der Waals surface area (Å²) in [5.74, 6) is 0.707. The molecule has 0 unspecified atom stereocenters. The Morgan fingerprint density at radius 3 is 2.86 bits per heavy atom. The molecule has 0 amide bonds. The fourth-order valence-electron chi connectivity index (χ4n) is 2.05. The molecule has 0 saturated carbocycles. The molecule has 1 aromatic heterocycles. The molecule has 0 aliphatic carbocycles. The number of carbonyl (C=O) groups excluding carboxylic acids is 1. The van der Waals surface area contributed by atoms with Gasteiger partial charge in [0.05, 0.1) is 28.3 Å². The van der Waals surface area contributed by atoms with E-state index in [4.69, 9.17) is 4.74 Å². The van der Waals surface area contributed by atoms with Crippen LogP contribution >= 0.6 is 27.3 Å². The fraction of sp³-hybridized carbons (Fsp3) is 0.125. The third kappa shape index (κ3) is 3.13. The molecule has 0 atom stereocenters. The Balaban J connectivity index is 1.70. The molecule has 3 aromatic rings. The molecule has 4 nitrogen and oxygen atoms in total. The number of nitrogens with zero attached hydrogens (tertiary/aromatic N) is 1. The number of aromatic nitrogens is 1. The van der Waals surface area contributed by atoms with Crippen molar-refractivity contribution in [1.82, 2.24) is 4.98 Å². The first-order chi connectivity index (χ1) is 10.7. The van der Waals surface area contributed by atoms with Crippen molar-refractivity contribution in [2.75, 3.05) is 19.0 Å². The summed E-state index contributed by atoms with van der Waals surface area (Å²) in [5, 5.41) is 3.84. The van der Waals surface area contributed by atoms with Crippen LogP contribution in [-0.4, -0.2) is 24.4 Å². The largest absolute Gasteiger partial charge is 0.496 e. The highest BCUT2D eigenvalue weighted by Gasteiger charge is 2.10. The zero-order valence-electron chi connectivity index (χ0n) is 11.8. The van der Waals surface area contributed by atoms with Crippen molar-refractivity contribution in [2.24, 2.45) is 0 Å². The molecule has 2 aromatic carbocycles. The van der Waals surface area contributed by atoms with Crippen molar-refractivity contribution >= 4 is 48.4 Å². The second kappa shape index (κ2) is 6.46. The summed E-state index contributed by atoms with van der Waals surface area (Å²) in [7, 11) is 1.59. The standard InChI is InChI=1S/C16H13BrN2O2S/c1-21-14-7-6-10(8-11(14)17)13(20)9-18-16-19-12-4-2-3-5-15(12)22-16/h2-8H,9H2,1H3,(H,18,19). The van der Waals surface area contributed by atoms with Gasteiger partial charge in [-0.1, -0.05) is 23.5 Å². The third-order valence-corrected chi connectivity index (χ3v) is 4.78. The highest BCUT2D eigenvalue weighted by molar-refractivity contribution is 9.10. The Labute approximate surface area is 140 Å². The van der Waals surface area contributed by atoms with Gasteiger partial charge in [0.1, 0.15) is 5.75 Å². The minimum Gasteiger partial charge on any atom is -0.496 e. The van der Waals surface area contributed by atoms with E-state index in [1.165, 1.54) is 11.3 Å². The number of hydrogen-bond acceptors (Lipinski definition) is 5. The van der Waals surface area contributed by atoms with E-state index in [-0.39, 0.29) is 12.3 Å². The molecule has 0 aliphatic rings. The van der Waals surface area contributed by atoms with E-state index in [0.29, 0.717) is 11.3 Å². The summed E-state index contributed by atoms with van der Waals surface area (Å²) in [6, 6.07) is 13.2. The van der Waals surface area contributed by atoms with Gasteiger partial charge < -0.3 is 10.1 Å². The van der Waals surface area contributed by atoms with Crippen molar-refractivity contribution in [1.29, 1.82) is 0 Å². The minimum absolute atomic E-state index is 0.00242. The maximum atomic E-state index is 12.2. The Hall–Kier alpha value is -1.92. The van der Waals surface area contributed by atoms with E-state index in [1.807, 2.05) is 24.3 Å². The Bertz CT molecular complexity index is 799. The van der Waals surface area contributed by atoms with Crippen molar-refractivity contribution < 1.29 is 9.53 Å². The Morgan fingerprint density at radius 2 is 2.14 bits per heavy atom. The molecule has 6 heteroatoms. The first kappa shape index (κ1) is 15.0. The number of carbonyl (C=O) groups is 1. The number of nitrogens with one attached hydrogen (secondary N) is 1. The molecule has 22 heavy (non-hydrogen) atoms. The van der Waals surface area contributed by atoms with Gasteiger partial charge in [-0.15, -0.1) is 0 Å². The van der Waals surface area contributed by atoms with E-state index < -0.39 is 0 Å². The SMILES string of the molecule is COc1ccc(C(=O)CNc2nc3ccccc3s2)cc1Br. The van der Waals surface area contributed by atoms with Gasteiger partial charge in [-0.25, -0.2) is 4.98 Å². The smallest absolute Gasteiger partial charge is 0.184 e. The number of Topliss-reactive ketones (excluding diaryl/α,β-unsaturated/α-hetero) is 1. The summed E-state index contributed by atoms with van der Waals surface area (Å²) in [5.41, 5.74) is 1.57. The normalized spacial score (nSPS) is 10.6. The second-order valence-corrected chi connectivity index (χ2v) is 6.50. The number of halogens is 1. The zero-order chi connectivity index (χ0) is 15.5. The average Bonchev–Trinajstić information content (AvgIpc) is 2.95. The fourth-order valence-corrected chi connectivity index (χ4v) is 3.45. The van der Waals surface area contributed by atoms with Crippen LogP contribution in [0.25, 0.3) is 10.2 Å². The maximum Gasteiger partial charge on any atom is 0.184 e. The van der Waals surface area contributed by atoms with Crippen LogP contribution in [0.1, 0.15) is 10.4 Å². The van der Waals surface area contributed by atoms with Gasteiger partial charge in [0.15, 0.2) is 10.9 Å². The predicted molar refractivity (Wildman–Crippen MR) is 93.1 cm³/mol. The first-order valence-electron chi connectivity index (χ1n) is 6.63. The van der Waals surface area contributed by atoms with Gasteiger partial charge in [-0.2, -0.15) is 0 Å².